The Morgan fingerprint density at radius 1 is 1.37 bits per heavy atom. The monoisotopic (exact) mass is 344 g/mol. The summed E-state index contributed by atoms with van der Waals surface area (Å²) >= 11 is 8.32. The Labute approximate surface area is 124 Å². The predicted molar refractivity (Wildman–Crippen MR) is 79.8 cm³/mol. The summed E-state index contributed by atoms with van der Waals surface area (Å²) in [7, 11) is 1.28. The van der Waals surface area contributed by atoms with Gasteiger partial charge in [-0.2, -0.15) is 0 Å². The van der Waals surface area contributed by atoms with Crippen LogP contribution in [0.25, 0.3) is 0 Å². The third kappa shape index (κ3) is 6.30. The van der Waals surface area contributed by atoms with Crippen LogP contribution in [0, 0.1) is 0 Å². The Morgan fingerprint density at radius 2 is 2.11 bits per heavy atom. The Balaban J connectivity index is 2.39. The third-order valence-electron chi connectivity index (χ3n) is 2.12. The fourth-order valence-corrected chi connectivity index (χ4v) is 1.87. The Kier molecular flexibility index (Phi) is 6.44. The lowest BCUT2D eigenvalue weighted by Crippen LogP contribution is -2.34. The molecule has 1 aromatic rings. The van der Waals surface area contributed by atoms with Crippen LogP contribution in [0.15, 0.2) is 28.7 Å². The average Bonchev–Trinajstić information content (AvgIpc) is 2.35. The van der Waals surface area contributed by atoms with Gasteiger partial charge in [0.2, 0.25) is 5.91 Å². The number of nitrogens with one attached hydrogen (secondary N) is 2. The van der Waals surface area contributed by atoms with E-state index in [0.29, 0.717) is 0 Å². The molecule has 1 amide bonds. The molecule has 0 spiro atoms. The van der Waals surface area contributed by atoms with Gasteiger partial charge < -0.3 is 15.4 Å². The van der Waals surface area contributed by atoms with Crippen molar-refractivity contribution >= 4 is 50.8 Å². The van der Waals surface area contributed by atoms with Crippen LogP contribution in [0.2, 0.25) is 0 Å². The number of hydrogen-bond donors (Lipinski definition) is 2. The molecule has 0 aromatic heterocycles. The fourth-order valence-electron chi connectivity index (χ4n) is 1.24. The molecule has 7 heteroatoms. The van der Waals surface area contributed by atoms with Gasteiger partial charge in [0.05, 0.1) is 13.5 Å². The summed E-state index contributed by atoms with van der Waals surface area (Å²) in [6.07, 6.45) is 0.0643. The number of amides is 1. The van der Waals surface area contributed by atoms with E-state index in [4.69, 9.17) is 12.2 Å². The second-order valence-corrected chi connectivity index (χ2v) is 4.91. The molecule has 0 aliphatic carbocycles. The summed E-state index contributed by atoms with van der Waals surface area (Å²) < 4.78 is 5.34. The topological polar surface area (TPSA) is 67.4 Å². The minimum atomic E-state index is -0.430. The van der Waals surface area contributed by atoms with Crippen molar-refractivity contribution in [2.24, 2.45) is 0 Å². The molecule has 0 saturated heterocycles. The maximum Gasteiger partial charge on any atom is 0.306 e. The molecule has 1 aromatic carbocycles. The minimum Gasteiger partial charge on any atom is -0.469 e. The first-order valence-corrected chi connectivity index (χ1v) is 6.64. The van der Waals surface area contributed by atoms with Gasteiger partial charge in [-0.05, 0) is 30.4 Å². The van der Waals surface area contributed by atoms with E-state index >= 15 is 0 Å². The normalized spacial score (nSPS) is 9.58. The number of anilines is 1. The largest absolute Gasteiger partial charge is 0.469 e. The summed E-state index contributed by atoms with van der Waals surface area (Å²) in [5.41, 5.74) is 0.757. The molecule has 2 N–H and O–H groups in total. The standard InChI is InChI=1S/C12H13BrN2O3S/c1-18-11(17)6-5-10(16)15-12(19)14-9-4-2-3-8(13)7-9/h2-4,7H,5-6H2,1H3,(H2,14,15,16,19). The first-order chi connectivity index (χ1) is 9.01. The summed E-state index contributed by atoms with van der Waals surface area (Å²) in [5.74, 6) is -0.765. The number of hydrogen-bond acceptors (Lipinski definition) is 4. The van der Waals surface area contributed by atoms with Crippen LogP contribution < -0.4 is 10.6 Å². The van der Waals surface area contributed by atoms with Crippen LogP contribution in [0.1, 0.15) is 12.8 Å². The third-order valence-corrected chi connectivity index (χ3v) is 2.82. The number of carbonyl (C=O) groups excluding carboxylic acids is 2. The van der Waals surface area contributed by atoms with Crippen molar-refractivity contribution in [3.8, 4) is 0 Å². The van der Waals surface area contributed by atoms with E-state index < -0.39 is 5.97 Å². The highest BCUT2D eigenvalue weighted by molar-refractivity contribution is 9.10. The van der Waals surface area contributed by atoms with Gasteiger partial charge in [-0.1, -0.05) is 22.0 Å². The van der Waals surface area contributed by atoms with Gasteiger partial charge in [-0.15, -0.1) is 0 Å². The lowest BCUT2D eigenvalue weighted by molar-refractivity contribution is -0.142. The molecule has 5 nitrogen and oxygen atoms in total. The maximum absolute atomic E-state index is 11.5. The lowest BCUT2D eigenvalue weighted by atomic mass is 10.3. The van der Waals surface area contributed by atoms with Crippen LogP contribution in [-0.2, 0) is 14.3 Å². The predicted octanol–water partition coefficient (Wildman–Crippen LogP) is 2.22. The van der Waals surface area contributed by atoms with Crippen LogP contribution >= 0.6 is 28.1 Å². The molecule has 0 atom stereocenters. The van der Waals surface area contributed by atoms with Gasteiger partial charge in [0.15, 0.2) is 5.11 Å². The molecule has 19 heavy (non-hydrogen) atoms. The Bertz CT molecular complexity index is 494. The Morgan fingerprint density at radius 3 is 2.74 bits per heavy atom. The zero-order valence-electron chi connectivity index (χ0n) is 10.2. The fraction of sp³-hybridized carbons (Fsp3) is 0.250. The number of thiocarbonyl (C=S) groups is 1. The van der Waals surface area contributed by atoms with E-state index in [1.807, 2.05) is 24.3 Å². The van der Waals surface area contributed by atoms with Crippen molar-refractivity contribution in [1.82, 2.24) is 5.32 Å². The van der Waals surface area contributed by atoms with Gasteiger partial charge in [0.1, 0.15) is 0 Å². The SMILES string of the molecule is COC(=O)CCC(=O)NC(=S)Nc1cccc(Br)c1. The number of methoxy groups -OCH3 is 1. The average molecular weight is 345 g/mol. The number of benzene rings is 1. The van der Waals surface area contributed by atoms with Crippen molar-refractivity contribution in [3.05, 3.63) is 28.7 Å². The van der Waals surface area contributed by atoms with Gasteiger partial charge in [-0.25, -0.2) is 0 Å². The van der Waals surface area contributed by atoms with Crippen molar-refractivity contribution in [1.29, 1.82) is 0 Å². The number of esters is 1. The molecule has 0 aliphatic heterocycles. The molecule has 0 bridgehead atoms. The molecule has 0 heterocycles. The van der Waals surface area contributed by atoms with Crippen LogP contribution in [0.4, 0.5) is 5.69 Å². The Hall–Kier alpha value is -1.47. The quantitative estimate of drug-likeness (QED) is 0.647. The van der Waals surface area contributed by atoms with Crippen molar-refractivity contribution in [2.45, 2.75) is 12.8 Å². The molecule has 0 unspecified atom stereocenters. The van der Waals surface area contributed by atoms with Crippen molar-refractivity contribution < 1.29 is 14.3 Å². The molecular weight excluding hydrogens is 332 g/mol. The molecule has 0 radical (unpaired) electrons. The van der Waals surface area contributed by atoms with Gasteiger partial charge in [-0.3, -0.25) is 9.59 Å². The smallest absolute Gasteiger partial charge is 0.306 e. The van der Waals surface area contributed by atoms with Crippen molar-refractivity contribution in [2.75, 3.05) is 12.4 Å². The second kappa shape index (κ2) is 7.85. The van der Waals surface area contributed by atoms with E-state index in [1.165, 1.54) is 7.11 Å². The van der Waals surface area contributed by atoms with E-state index in [1.54, 1.807) is 0 Å². The number of rotatable bonds is 4. The van der Waals surface area contributed by atoms with E-state index in [9.17, 15) is 9.59 Å². The van der Waals surface area contributed by atoms with E-state index in [-0.39, 0.29) is 23.9 Å². The summed E-state index contributed by atoms with van der Waals surface area (Å²) in [4.78, 5) is 22.3. The lowest BCUT2D eigenvalue weighted by Gasteiger charge is -2.09. The first-order valence-electron chi connectivity index (χ1n) is 5.44. The highest BCUT2D eigenvalue weighted by atomic mass is 79.9. The summed E-state index contributed by atoms with van der Waals surface area (Å²) in [6.45, 7) is 0. The molecule has 1 rings (SSSR count). The number of ether oxygens (including phenoxy) is 1. The maximum atomic E-state index is 11.5. The molecule has 0 aliphatic rings. The zero-order valence-corrected chi connectivity index (χ0v) is 12.6. The van der Waals surface area contributed by atoms with Gasteiger partial charge >= 0.3 is 5.97 Å². The summed E-state index contributed by atoms with van der Waals surface area (Å²) in [5, 5.41) is 5.54. The van der Waals surface area contributed by atoms with Crippen LogP contribution in [0.3, 0.4) is 0 Å². The second-order valence-electron chi connectivity index (χ2n) is 3.59. The van der Waals surface area contributed by atoms with Crippen molar-refractivity contribution in [3.63, 3.8) is 0 Å². The molecule has 102 valence electrons. The molecule has 0 fully saturated rings. The van der Waals surface area contributed by atoms with E-state index in [2.05, 4.69) is 31.3 Å². The number of carbonyl (C=O) groups is 2. The van der Waals surface area contributed by atoms with Crippen LogP contribution in [-0.4, -0.2) is 24.1 Å². The minimum absolute atomic E-state index is 0.0296. The zero-order chi connectivity index (χ0) is 14.3. The first kappa shape index (κ1) is 15.6. The molecular formula is C12H13BrN2O3S. The number of halogens is 1. The molecule has 0 saturated carbocycles. The highest BCUT2D eigenvalue weighted by Crippen LogP contribution is 2.15. The van der Waals surface area contributed by atoms with Gasteiger partial charge in [0, 0.05) is 16.6 Å². The van der Waals surface area contributed by atoms with Gasteiger partial charge in [0.25, 0.3) is 0 Å². The van der Waals surface area contributed by atoms with E-state index in [0.717, 1.165) is 10.2 Å². The van der Waals surface area contributed by atoms with Crippen LogP contribution in [0.5, 0.6) is 0 Å². The summed E-state index contributed by atoms with van der Waals surface area (Å²) in [6, 6.07) is 7.36. The highest BCUT2D eigenvalue weighted by Gasteiger charge is 2.08.